The van der Waals surface area contributed by atoms with E-state index in [1.54, 1.807) is 0 Å². The zero-order valence-corrected chi connectivity index (χ0v) is 13.8. The second-order valence-corrected chi connectivity index (χ2v) is 5.22. The number of halogens is 3. The van der Waals surface area contributed by atoms with E-state index in [9.17, 15) is 22.8 Å². The lowest BCUT2D eigenvalue weighted by Gasteiger charge is -2.09. The van der Waals surface area contributed by atoms with E-state index in [4.69, 9.17) is 0 Å². The van der Waals surface area contributed by atoms with Gasteiger partial charge in [-0.3, -0.25) is 9.59 Å². The summed E-state index contributed by atoms with van der Waals surface area (Å²) in [6.45, 7) is 0.635. The molecule has 0 aromatic carbocycles. The minimum Gasteiger partial charge on any atom is -0.454 e. The van der Waals surface area contributed by atoms with Gasteiger partial charge in [-0.25, -0.2) is 14.6 Å². The maximum atomic E-state index is 12.1. The predicted octanol–water partition coefficient (Wildman–Crippen LogP) is 1.17. The molecule has 0 atom stereocenters. The first-order valence-electron chi connectivity index (χ1n) is 7.65. The fraction of sp³-hybridized carbons (Fsp3) is 0.400. The van der Waals surface area contributed by atoms with Crippen LogP contribution in [0, 0.1) is 0 Å². The number of carbonyl (C=O) groups is 1. The van der Waals surface area contributed by atoms with Crippen LogP contribution < -0.4 is 15.6 Å². The van der Waals surface area contributed by atoms with Gasteiger partial charge in [-0.15, -0.1) is 0 Å². The summed E-state index contributed by atoms with van der Waals surface area (Å²) >= 11 is 0. The standard InChI is InChI=1S/C15H16F3N5O3/c1-2-5-19-12(24)8-23-13(25)4-3-11(22-23)10-6-20-14(21-7-10)26-9-15(16,17)18/h3-4,6-7H,2,5,8-9H2,1H3,(H,19,24). The summed E-state index contributed by atoms with van der Waals surface area (Å²) in [5.74, 6) is -0.356. The number of carbonyl (C=O) groups excluding carboxylic acids is 1. The van der Waals surface area contributed by atoms with Crippen molar-refractivity contribution in [1.82, 2.24) is 25.1 Å². The fourth-order valence-corrected chi connectivity index (χ4v) is 1.84. The smallest absolute Gasteiger partial charge is 0.422 e. The largest absolute Gasteiger partial charge is 0.454 e. The number of nitrogens with one attached hydrogen (secondary N) is 1. The average Bonchev–Trinajstić information content (AvgIpc) is 2.60. The van der Waals surface area contributed by atoms with E-state index < -0.39 is 24.4 Å². The highest BCUT2D eigenvalue weighted by Gasteiger charge is 2.28. The lowest BCUT2D eigenvalue weighted by molar-refractivity contribution is -0.154. The highest BCUT2D eigenvalue weighted by atomic mass is 19.4. The third kappa shape index (κ3) is 5.83. The van der Waals surface area contributed by atoms with Gasteiger partial charge in [-0.2, -0.15) is 18.3 Å². The summed E-state index contributed by atoms with van der Waals surface area (Å²) in [6.07, 6.45) is -1.30. The summed E-state index contributed by atoms with van der Waals surface area (Å²) in [7, 11) is 0. The van der Waals surface area contributed by atoms with Gasteiger partial charge in [0, 0.05) is 30.6 Å². The van der Waals surface area contributed by atoms with Crippen molar-refractivity contribution < 1.29 is 22.7 Å². The Morgan fingerprint density at radius 3 is 2.58 bits per heavy atom. The molecule has 2 rings (SSSR count). The summed E-state index contributed by atoms with van der Waals surface area (Å²) in [5, 5.41) is 6.68. The second kappa shape index (κ2) is 8.41. The van der Waals surface area contributed by atoms with Crippen LogP contribution in [0.2, 0.25) is 0 Å². The molecule has 0 radical (unpaired) electrons. The number of amides is 1. The Kier molecular flexibility index (Phi) is 6.26. The molecule has 0 aliphatic carbocycles. The van der Waals surface area contributed by atoms with E-state index in [0.29, 0.717) is 12.1 Å². The number of rotatable bonds is 7. The Bertz CT molecular complexity index is 805. The lowest BCUT2D eigenvalue weighted by atomic mass is 10.2. The first-order chi connectivity index (χ1) is 12.3. The number of alkyl halides is 3. The van der Waals surface area contributed by atoms with Crippen molar-refractivity contribution in [2.75, 3.05) is 13.2 Å². The molecule has 1 N–H and O–H groups in total. The van der Waals surface area contributed by atoms with Crippen LogP contribution in [0.3, 0.4) is 0 Å². The zero-order chi connectivity index (χ0) is 19.2. The highest BCUT2D eigenvalue weighted by molar-refractivity contribution is 5.75. The summed E-state index contributed by atoms with van der Waals surface area (Å²) in [6, 6.07) is 2.19. The van der Waals surface area contributed by atoms with Crippen molar-refractivity contribution in [1.29, 1.82) is 0 Å². The van der Waals surface area contributed by atoms with Crippen LogP contribution in [-0.4, -0.2) is 45.0 Å². The van der Waals surface area contributed by atoms with Crippen molar-refractivity contribution in [3.8, 4) is 17.3 Å². The maximum absolute atomic E-state index is 12.1. The lowest BCUT2D eigenvalue weighted by Crippen LogP contribution is -2.33. The molecule has 0 aliphatic heterocycles. The van der Waals surface area contributed by atoms with E-state index in [-0.39, 0.29) is 18.1 Å². The quantitative estimate of drug-likeness (QED) is 0.784. The van der Waals surface area contributed by atoms with E-state index in [1.807, 2.05) is 6.92 Å². The van der Waals surface area contributed by atoms with Gasteiger partial charge in [0.05, 0.1) is 5.69 Å². The Balaban J connectivity index is 2.12. The van der Waals surface area contributed by atoms with Gasteiger partial charge in [0.15, 0.2) is 6.61 Å². The predicted molar refractivity (Wildman–Crippen MR) is 84.4 cm³/mol. The summed E-state index contributed by atoms with van der Waals surface area (Å²) in [4.78, 5) is 30.9. The molecule has 26 heavy (non-hydrogen) atoms. The van der Waals surface area contributed by atoms with Crippen LogP contribution >= 0.6 is 0 Å². The number of hydrogen-bond donors (Lipinski definition) is 1. The molecule has 140 valence electrons. The minimum absolute atomic E-state index is 0.250. The Labute approximate surface area is 146 Å². The second-order valence-electron chi connectivity index (χ2n) is 5.22. The molecule has 0 aliphatic rings. The van der Waals surface area contributed by atoms with E-state index in [0.717, 1.165) is 11.1 Å². The van der Waals surface area contributed by atoms with Gasteiger partial charge in [-0.05, 0) is 12.5 Å². The van der Waals surface area contributed by atoms with Crippen molar-refractivity contribution in [3.63, 3.8) is 0 Å². The number of ether oxygens (including phenoxy) is 1. The van der Waals surface area contributed by atoms with Crippen molar-refractivity contribution in [2.24, 2.45) is 0 Å². The normalized spacial score (nSPS) is 11.2. The fourth-order valence-electron chi connectivity index (χ4n) is 1.84. The van der Waals surface area contributed by atoms with Crippen LogP contribution in [-0.2, 0) is 11.3 Å². The number of nitrogens with zero attached hydrogens (tertiary/aromatic N) is 4. The molecule has 0 bridgehead atoms. The minimum atomic E-state index is -4.49. The number of hydrogen-bond acceptors (Lipinski definition) is 6. The Hall–Kier alpha value is -2.98. The molecule has 0 fully saturated rings. The first kappa shape index (κ1) is 19.3. The third-order valence-corrected chi connectivity index (χ3v) is 3.02. The van der Waals surface area contributed by atoms with Gasteiger partial charge >= 0.3 is 12.2 Å². The summed E-state index contributed by atoms with van der Waals surface area (Å²) in [5.41, 5.74) is 0.175. The van der Waals surface area contributed by atoms with Crippen molar-refractivity contribution in [2.45, 2.75) is 26.1 Å². The Morgan fingerprint density at radius 1 is 1.27 bits per heavy atom. The first-order valence-corrected chi connectivity index (χ1v) is 7.65. The van der Waals surface area contributed by atoms with Gasteiger partial charge in [0.1, 0.15) is 6.54 Å². The summed E-state index contributed by atoms with van der Waals surface area (Å²) < 4.78 is 41.7. The van der Waals surface area contributed by atoms with Crippen LogP contribution in [0.5, 0.6) is 6.01 Å². The molecular formula is C15H16F3N5O3. The molecule has 2 aromatic rings. The number of aromatic nitrogens is 4. The molecule has 0 spiro atoms. The molecule has 2 heterocycles. The van der Waals surface area contributed by atoms with E-state index >= 15 is 0 Å². The molecule has 0 unspecified atom stereocenters. The van der Waals surface area contributed by atoms with Crippen LogP contribution in [0.15, 0.2) is 29.3 Å². The molecule has 1 amide bonds. The van der Waals surface area contributed by atoms with Gasteiger partial charge in [0.2, 0.25) is 5.91 Å². The highest BCUT2D eigenvalue weighted by Crippen LogP contribution is 2.18. The molecule has 11 heteroatoms. The topological polar surface area (TPSA) is 99.0 Å². The van der Waals surface area contributed by atoms with Gasteiger partial charge in [-0.1, -0.05) is 6.92 Å². The van der Waals surface area contributed by atoms with Crippen LogP contribution in [0.25, 0.3) is 11.3 Å². The molecule has 8 nitrogen and oxygen atoms in total. The maximum Gasteiger partial charge on any atom is 0.422 e. The van der Waals surface area contributed by atoms with E-state index in [2.05, 4.69) is 25.1 Å². The Morgan fingerprint density at radius 2 is 1.96 bits per heavy atom. The van der Waals surface area contributed by atoms with Crippen LogP contribution in [0.1, 0.15) is 13.3 Å². The zero-order valence-electron chi connectivity index (χ0n) is 13.8. The van der Waals surface area contributed by atoms with Crippen molar-refractivity contribution >= 4 is 5.91 Å². The third-order valence-electron chi connectivity index (χ3n) is 3.02. The SMILES string of the molecule is CCCNC(=O)Cn1nc(-c2cnc(OCC(F)(F)F)nc2)ccc1=O. The van der Waals surface area contributed by atoms with Gasteiger partial charge < -0.3 is 10.1 Å². The monoisotopic (exact) mass is 371 g/mol. The molecule has 0 saturated heterocycles. The van der Waals surface area contributed by atoms with Crippen molar-refractivity contribution in [3.05, 3.63) is 34.9 Å². The average molecular weight is 371 g/mol. The molecule has 0 saturated carbocycles. The molecular weight excluding hydrogens is 355 g/mol. The van der Waals surface area contributed by atoms with Crippen LogP contribution in [0.4, 0.5) is 13.2 Å². The molecule has 2 aromatic heterocycles. The van der Waals surface area contributed by atoms with Gasteiger partial charge in [0.25, 0.3) is 5.56 Å². The van der Waals surface area contributed by atoms with E-state index in [1.165, 1.54) is 24.5 Å².